The molecule has 0 bridgehead atoms. The molecule has 1 unspecified atom stereocenters. The minimum absolute atomic E-state index is 0.209. The Morgan fingerprint density at radius 2 is 1.72 bits per heavy atom. The highest BCUT2D eigenvalue weighted by molar-refractivity contribution is 9.10. The van der Waals surface area contributed by atoms with Gasteiger partial charge < -0.3 is 14.8 Å². The first-order valence-electron chi connectivity index (χ1n) is 8.74. The highest BCUT2D eigenvalue weighted by atomic mass is 79.9. The Hall–Kier alpha value is -1.56. The van der Waals surface area contributed by atoms with Crippen LogP contribution in [0, 0.1) is 0 Å². The highest BCUT2D eigenvalue weighted by Gasteiger charge is 2.25. The summed E-state index contributed by atoms with van der Waals surface area (Å²) in [6.45, 7) is 6.70. The maximum absolute atomic E-state index is 5.80. The van der Waals surface area contributed by atoms with Crippen LogP contribution in [-0.2, 0) is 0 Å². The lowest BCUT2D eigenvalue weighted by Gasteiger charge is -2.35. The van der Waals surface area contributed by atoms with Gasteiger partial charge in [-0.05, 0) is 42.3 Å². The van der Waals surface area contributed by atoms with Gasteiger partial charge in [0.05, 0.1) is 19.8 Å². The van der Waals surface area contributed by atoms with E-state index in [1.54, 1.807) is 7.11 Å². The minimum Gasteiger partial charge on any atom is -0.493 e. The van der Waals surface area contributed by atoms with E-state index in [1.165, 1.54) is 11.1 Å². The number of methoxy groups -OCH3 is 1. The Labute approximate surface area is 158 Å². The zero-order valence-corrected chi connectivity index (χ0v) is 16.4. The molecule has 25 heavy (non-hydrogen) atoms. The summed E-state index contributed by atoms with van der Waals surface area (Å²) in [5.74, 6) is 1.58. The van der Waals surface area contributed by atoms with Crippen LogP contribution in [0.4, 0.5) is 0 Å². The molecular formula is C20H25BrN2O2. The van der Waals surface area contributed by atoms with Gasteiger partial charge in [0.2, 0.25) is 0 Å². The molecule has 1 aliphatic heterocycles. The molecular weight excluding hydrogens is 380 g/mol. The average molecular weight is 405 g/mol. The Balaban J connectivity index is 2.01. The highest BCUT2D eigenvalue weighted by Crippen LogP contribution is 2.35. The summed E-state index contributed by atoms with van der Waals surface area (Å²) in [6.07, 6.45) is 0. The normalized spacial score (nSPS) is 16.4. The van der Waals surface area contributed by atoms with E-state index < -0.39 is 0 Å². The van der Waals surface area contributed by atoms with Crippen LogP contribution < -0.4 is 14.8 Å². The molecule has 4 nitrogen and oxygen atoms in total. The summed E-state index contributed by atoms with van der Waals surface area (Å²) in [7, 11) is 1.68. The topological polar surface area (TPSA) is 33.7 Å². The van der Waals surface area contributed by atoms with Gasteiger partial charge in [-0.2, -0.15) is 0 Å². The van der Waals surface area contributed by atoms with Crippen molar-refractivity contribution in [2.45, 2.75) is 13.0 Å². The van der Waals surface area contributed by atoms with Gasteiger partial charge in [-0.25, -0.2) is 0 Å². The standard InChI is InChI=1S/C20H25BrN2O2/c1-3-25-19-14-16(6-9-18(19)24-2)20(23-12-10-22-11-13-23)15-4-7-17(21)8-5-15/h4-9,14,20,22H,3,10-13H2,1-2H3. The third-order valence-electron chi connectivity index (χ3n) is 4.51. The maximum Gasteiger partial charge on any atom is 0.161 e. The molecule has 0 spiro atoms. The van der Waals surface area contributed by atoms with E-state index in [9.17, 15) is 0 Å². The van der Waals surface area contributed by atoms with Gasteiger partial charge in [0, 0.05) is 30.7 Å². The van der Waals surface area contributed by atoms with Crippen LogP contribution in [0.5, 0.6) is 11.5 Å². The number of benzene rings is 2. The second kappa shape index (κ2) is 8.70. The predicted octanol–water partition coefficient (Wildman–Crippen LogP) is 3.85. The van der Waals surface area contributed by atoms with Crippen molar-refractivity contribution in [2.24, 2.45) is 0 Å². The Morgan fingerprint density at radius 3 is 2.36 bits per heavy atom. The number of halogens is 1. The lowest BCUT2D eigenvalue weighted by atomic mass is 9.96. The van der Waals surface area contributed by atoms with Gasteiger partial charge >= 0.3 is 0 Å². The average Bonchev–Trinajstić information content (AvgIpc) is 2.65. The third kappa shape index (κ3) is 4.35. The Bertz CT molecular complexity index is 685. The van der Waals surface area contributed by atoms with Gasteiger partial charge in [0.15, 0.2) is 11.5 Å². The molecule has 0 amide bonds. The molecule has 1 N–H and O–H groups in total. The second-order valence-corrected chi connectivity index (χ2v) is 7.00. The van der Waals surface area contributed by atoms with Crippen LogP contribution in [0.1, 0.15) is 24.1 Å². The molecule has 0 aromatic heterocycles. The fourth-order valence-corrected chi connectivity index (χ4v) is 3.60. The van der Waals surface area contributed by atoms with Gasteiger partial charge in [0.1, 0.15) is 0 Å². The van der Waals surface area contributed by atoms with Crippen molar-refractivity contribution < 1.29 is 9.47 Å². The Morgan fingerprint density at radius 1 is 1.04 bits per heavy atom. The Kier molecular flexibility index (Phi) is 6.34. The fraction of sp³-hybridized carbons (Fsp3) is 0.400. The van der Waals surface area contributed by atoms with E-state index in [1.807, 2.05) is 13.0 Å². The van der Waals surface area contributed by atoms with E-state index in [2.05, 4.69) is 62.5 Å². The number of rotatable bonds is 6. The molecule has 1 saturated heterocycles. The van der Waals surface area contributed by atoms with E-state index in [0.717, 1.165) is 42.2 Å². The first kappa shape index (κ1) is 18.2. The zero-order chi connectivity index (χ0) is 17.6. The molecule has 2 aromatic rings. The molecule has 1 heterocycles. The summed E-state index contributed by atoms with van der Waals surface area (Å²) in [6, 6.07) is 15.1. The molecule has 1 aliphatic rings. The number of hydrogen-bond acceptors (Lipinski definition) is 4. The van der Waals surface area contributed by atoms with Crippen molar-refractivity contribution in [3.8, 4) is 11.5 Å². The summed E-state index contributed by atoms with van der Waals surface area (Å²) in [4.78, 5) is 2.53. The van der Waals surface area contributed by atoms with Crippen molar-refractivity contribution in [1.82, 2.24) is 10.2 Å². The van der Waals surface area contributed by atoms with Crippen LogP contribution >= 0.6 is 15.9 Å². The fourth-order valence-electron chi connectivity index (χ4n) is 3.33. The maximum atomic E-state index is 5.80. The summed E-state index contributed by atoms with van der Waals surface area (Å²) >= 11 is 3.54. The first-order chi connectivity index (χ1) is 12.2. The lowest BCUT2D eigenvalue weighted by Crippen LogP contribution is -2.45. The van der Waals surface area contributed by atoms with Gasteiger partial charge in [0.25, 0.3) is 0 Å². The van der Waals surface area contributed by atoms with Gasteiger partial charge in [-0.15, -0.1) is 0 Å². The number of piperazine rings is 1. The first-order valence-corrected chi connectivity index (χ1v) is 9.53. The summed E-state index contributed by atoms with van der Waals surface area (Å²) in [5, 5.41) is 3.44. The van der Waals surface area contributed by atoms with Crippen LogP contribution in [0.3, 0.4) is 0 Å². The molecule has 134 valence electrons. The molecule has 0 saturated carbocycles. The predicted molar refractivity (Wildman–Crippen MR) is 105 cm³/mol. The molecule has 5 heteroatoms. The number of nitrogens with one attached hydrogen (secondary N) is 1. The molecule has 1 fully saturated rings. The monoisotopic (exact) mass is 404 g/mol. The molecule has 1 atom stereocenters. The minimum atomic E-state index is 0.209. The van der Waals surface area contributed by atoms with Crippen LogP contribution in [0.2, 0.25) is 0 Å². The SMILES string of the molecule is CCOc1cc(C(c2ccc(Br)cc2)N2CCNCC2)ccc1OC. The number of nitrogens with zero attached hydrogens (tertiary/aromatic N) is 1. The van der Waals surface area contributed by atoms with E-state index in [-0.39, 0.29) is 6.04 Å². The number of hydrogen-bond donors (Lipinski definition) is 1. The second-order valence-electron chi connectivity index (χ2n) is 6.08. The van der Waals surface area contributed by atoms with Crippen molar-refractivity contribution in [1.29, 1.82) is 0 Å². The van der Waals surface area contributed by atoms with Crippen LogP contribution in [0.25, 0.3) is 0 Å². The summed E-state index contributed by atoms with van der Waals surface area (Å²) < 4.78 is 12.3. The lowest BCUT2D eigenvalue weighted by molar-refractivity contribution is 0.198. The van der Waals surface area contributed by atoms with Crippen molar-refractivity contribution in [2.75, 3.05) is 39.9 Å². The molecule has 3 rings (SSSR count). The largest absolute Gasteiger partial charge is 0.493 e. The van der Waals surface area contributed by atoms with Crippen molar-refractivity contribution in [3.05, 3.63) is 58.1 Å². The molecule has 0 radical (unpaired) electrons. The van der Waals surface area contributed by atoms with E-state index in [0.29, 0.717) is 6.61 Å². The van der Waals surface area contributed by atoms with Gasteiger partial charge in [-0.1, -0.05) is 34.1 Å². The van der Waals surface area contributed by atoms with E-state index >= 15 is 0 Å². The van der Waals surface area contributed by atoms with E-state index in [4.69, 9.17) is 9.47 Å². The molecule has 2 aromatic carbocycles. The van der Waals surface area contributed by atoms with Crippen molar-refractivity contribution in [3.63, 3.8) is 0 Å². The number of ether oxygens (including phenoxy) is 2. The van der Waals surface area contributed by atoms with Crippen molar-refractivity contribution >= 4 is 15.9 Å². The summed E-state index contributed by atoms with van der Waals surface area (Å²) in [5.41, 5.74) is 2.52. The third-order valence-corrected chi connectivity index (χ3v) is 5.03. The molecule has 0 aliphatic carbocycles. The van der Waals surface area contributed by atoms with Gasteiger partial charge in [-0.3, -0.25) is 4.90 Å². The quantitative estimate of drug-likeness (QED) is 0.792. The zero-order valence-electron chi connectivity index (χ0n) is 14.8. The smallest absolute Gasteiger partial charge is 0.161 e. The van der Waals surface area contributed by atoms with Crippen LogP contribution in [0.15, 0.2) is 46.9 Å². The van der Waals surface area contributed by atoms with Crippen LogP contribution in [-0.4, -0.2) is 44.8 Å².